The molecule has 0 spiro atoms. The molecule has 1 fully saturated rings. The average Bonchev–Trinajstić information content (AvgIpc) is 3.20. The second-order valence-electron chi connectivity index (χ2n) is 7.63. The predicted molar refractivity (Wildman–Crippen MR) is 114 cm³/mol. The quantitative estimate of drug-likeness (QED) is 0.398. The highest BCUT2D eigenvalue weighted by molar-refractivity contribution is 6.11. The van der Waals surface area contributed by atoms with Gasteiger partial charge in [-0.1, -0.05) is 37.3 Å². The fourth-order valence-electron chi connectivity index (χ4n) is 4.09. The van der Waals surface area contributed by atoms with E-state index in [1.165, 1.54) is 7.11 Å². The van der Waals surface area contributed by atoms with Gasteiger partial charge in [-0.25, -0.2) is 4.79 Å². The molecule has 1 aromatic heterocycles. The first-order chi connectivity index (χ1) is 14.7. The highest BCUT2D eigenvalue weighted by Crippen LogP contribution is 2.32. The first-order valence-corrected chi connectivity index (χ1v) is 10.2. The van der Waals surface area contributed by atoms with Crippen LogP contribution in [0.4, 0.5) is 4.79 Å². The van der Waals surface area contributed by atoms with E-state index in [1.54, 1.807) is 25.1 Å². The summed E-state index contributed by atoms with van der Waals surface area (Å²) in [7, 11) is 1.33. The van der Waals surface area contributed by atoms with Gasteiger partial charge in [-0.3, -0.25) is 19.3 Å². The van der Waals surface area contributed by atoms with Crippen molar-refractivity contribution in [2.75, 3.05) is 13.7 Å². The maximum atomic E-state index is 13.2. The zero-order valence-electron chi connectivity index (χ0n) is 18.2. The van der Waals surface area contributed by atoms with Crippen molar-refractivity contribution < 1.29 is 23.9 Å². The van der Waals surface area contributed by atoms with Gasteiger partial charge in [0.15, 0.2) is 5.78 Å². The largest absolute Gasteiger partial charge is 0.469 e. The minimum Gasteiger partial charge on any atom is -0.469 e. The summed E-state index contributed by atoms with van der Waals surface area (Å²) < 4.78 is 6.53. The Morgan fingerprint density at radius 3 is 2.42 bits per heavy atom. The second-order valence-corrected chi connectivity index (χ2v) is 7.63. The van der Waals surface area contributed by atoms with Gasteiger partial charge < -0.3 is 14.6 Å². The van der Waals surface area contributed by atoms with Crippen LogP contribution >= 0.6 is 0 Å². The number of methoxy groups -OCH3 is 1. The van der Waals surface area contributed by atoms with Crippen LogP contribution in [-0.2, 0) is 26.4 Å². The molecule has 3 rings (SSSR count). The third kappa shape index (κ3) is 3.97. The molecular weight excluding hydrogens is 398 g/mol. The van der Waals surface area contributed by atoms with Crippen molar-refractivity contribution >= 4 is 23.7 Å². The van der Waals surface area contributed by atoms with Gasteiger partial charge >= 0.3 is 12.0 Å². The molecule has 2 heterocycles. The summed E-state index contributed by atoms with van der Waals surface area (Å²) in [6, 6.07) is 10.2. The van der Waals surface area contributed by atoms with Gasteiger partial charge in [-0.2, -0.15) is 0 Å². The lowest BCUT2D eigenvalue weighted by Crippen LogP contribution is -2.43. The van der Waals surface area contributed by atoms with Crippen LogP contribution in [0.2, 0.25) is 0 Å². The Bertz CT molecular complexity index is 1030. The van der Waals surface area contributed by atoms with E-state index in [0.29, 0.717) is 29.8 Å². The number of imide groups is 1. The molecule has 0 aliphatic carbocycles. The topological polar surface area (TPSA) is 97.7 Å². The minimum absolute atomic E-state index is 0.184. The number of carbonyl (C=O) groups is 4. The normalized spacial score (nSPS) is 18.3. The lowest BCUT2D eigenvalue weighted by Gasteiger charge is -2.25. The van der Waals surface area contributed by atoms with Gasteiger partial charge in [0.25, 0.3) is 5.91 Å². The Balaban J connectivity index is 1.82. The van der Waals surface area contributed by atoms with Crippen LogP contribution in [0, 0.1) is 13.8 Å². The molecule has 1 aliphatic heterocycles. The Kier molecular flexibility index (Phi) is 6.29. The molecule has 8 heteroatoms. The molecule has 2 aromatic rings. The van der Waals surface area contributed by atoms with E-state index in [4.69, 9.17) is 0 Å². The second kappa shape index (κ2) is 8.75. The molecule has 0 saturated carbocycles. The van der Waals surface area contributed by atoms with Crippen molar-refractivity contribution in [1.82, 2.24) is 14.8 Å². The number of esters is 1. The first kappa shape index (κ1) is 22.3. The zero-order chi connectivity index (χ0) is 22.8. The van der Waals surface area contributed by atoms with Gasteiger partial charge in [-0.05, 0) is 31.9 Å². The zero-order valence-corrected chi connectivity index (χ0v) is 18.2. The van der Waals surface area contributed by atoms with Crippen LogP contribution in [0.25, 0.3) is 0 Å². The van der Waals surface area contributed by atoms with Crippen molar-refractivity contribution in [3.05, 3.63) is 58.9 Å². The standard InChI is InChI=1S/C23H27N3O5/c1-5-23(17-9-7-6-8-10-17)21(29)26(22(30)24-23)14-19(27)18-13-15(2)25(16(18)3)12-11-20(28)31-4/h6-10,13H,5,11-12,14H2,1-4H3,(H,24,30)/t23-/m0/s1. The van der Waals surface area contributed by atoms with E-state index >= 15 is 0 Å². The van der Waals surface area contributed by atoms with Crippen LogP contribution in [0.15, 0.2) is 36.4 Å². The number of carbonyl (C=O) groups excluding carboxylic acids is 4. The highest BCUT2D eigenvalue weighted by atomic mass is 16.5. The number of aromatic nitrogens is 1. The Morgan fingerprint density at radius 2 is 1.81 bits per heavy atom. The van der Waals surface area contributed by atoms with Gasteiger partial charge in [0.2, 0.25) is 0 Å². The maximum Gasteiger partial charge on any atom is 0.325 e. The SMILES string of the molecule is CC[C@@]1(c2ccccc2)NC(=O)N(CC(=O)c2cc(C)n(CCC(=O)OC)c2C)C1=O. The third-order valence-electron chi connectivity index (χ3n) is 5.92. The van der Waals surface area contributed by atoms with Crippen LogP contribution in [0.1, 0.15) is 47.1 Å². The number of ether oxygens (including phenoxy) is 1. The lowest BCUT2D eigenvalue weighted by molar-refractivity contribution is -0.140. The summed E-state index contributed by atoms with van der Waals surface area (Å²) in [6.45, 7) is 5.48. The summed E-state index contributed by atoms with van der Waals surface area (Å²) in [5.41, 5.74) is 1.44. The smallest absolute Gasteiger partial charge is 0.325 e. The number of hydrogen-bond donors (Lipinski definition) is 1. The molecular formula is C23H27N3O5. The summed E-state index contributed by atoms with van der Waals surface area (Å²) in [6.07, 6.45) is 0.553. The van der Waals surface area contributed by atoms with Crippen molar-refractivity contribution in [1.29, 1.82) is 0 Å². The summed E-state index contributed by atoms with van der Waals surface area (Å²) in [4.78, 5) is 51.4. The first-order valence-electron chi connectivity index (χ1n) is 10.2. The number of benzene rings is 1. The van der Waals surface area contributed by atoms with Crippen LogP contribution < -0.4 is 5.32 Å². The summed E-state index contributed by atoms with van der Waals surface area (Å²) >= 11 is 0. The number of hydrogen-bond acceptors (Lipinski definition) is 5. The summed E-state index contributed by atoms with van der Waals surface area (Å²) in [5, 5.41) is 2.79. The Labute approximate surface area is 181 Å². The molecule has 0 radical (unpaired) electrons. The number of amides is 3. The number of aryl methyl sites for hydroxylation is 1. The lowest BCUT2D eigenvalue weighted by atomic mass is 9.87. The molecule has 8 nitrogen and oxygen atoms in total. The van der Waals surface area contributed by atoms with Gasteiger partial charge in [0.1, 0.15) is 5.54 Å². The van der Waals surface area contributed by atoms with Gasteiger partial charge in [-0.15, -0.1) is 0 Å². The predicted octanol–water partition coefficient (Wildman–Crippen LogP) is 2.71. The highest BCUT2D eigenvalue weighted by Gasteiger charge is 2.51. The van der Waals surface area contributed by atoms with E-state index in [1.807, 2.05) is 36.6 Å². The number of rotatable bonds is 8. The fraction of sp³-hybridized carbons (Fsp3) is 0.391. The van der Waals surface area contributed by atoms with E-state index in [2.05, 4.69) is 10.1 Å². The van der Waals surface area contributed by atoms with Crippen LogP contribution in [0.5, 0.6) is 0 Å². The van der Waals surface area contributed by atoms with Crippen molar-refractivity contribution in [2.45, 2.75) is 45.7 Å². The Hall–Kier alpha value is -3.42. The molecule has 3 amide bonds. The van der Waals surface area contributed by atoms with E-state index in [0.717, 1.165) is 10.6 Å². The average molecular weight is 425 g/mol. The molecule has 1 aliphatic rings. The number of urea groups is 1. The van der Waals surface area contributed by atoms with Gasteiger partial charge in [0.05, 0.1) is 20.1 Å². The Morgan fingerprint density at radius 1 is 1.13 bits per heavy atom. The molecule has 1 N–H and O–H groups in total. The molecule has 1 saturated heterocycles. The van der Waals surface area contributed by atoms with E-state index in [9.17, 15) is 19.2 Å². The number of nitrogens with one attached hydrogen (secondary N) is 1. The molecule has 1 aromatic carbocycles. The van der Waals surface area contributed by atoms with Gasteiger partial charge in [0, 0.05) is 23.5 Å². The number of Topliss-reactive ketones (excluding diaryl/α,β-unsaturated/α-hetero) is 1. The van der Waals surface area contributed by atoms with Crippen LogP contribution in [0.3, 0.4) is 0 Å². The summed E-state index contributed by atoms with van der Waals surface area (Å²) in [5.74, 6) is -1.10. The van der Waals surface area contributed by atoms with Crippen molar-refractivity contribution in [3.63, 3.8) is 0 Å². The molecule has 31 heavy (non-hydrogen) atoms. The van der Waals surface area contributed by atoms with E-state index < -0.39 is 17.5 Å². The fourth-order valence-corrected chi connectivity index (χ4v) is 4.09. The molecule has 0 bridgehead atoms. The van der Waals surface area contributed by atoms with Crippen molar-refractivity contribution in [3.8, 4) is 0 Å². The monoisotopic (exact) mass is 425 g/mol. The number of ketones is 1. The molecule has 164 valence electrons. The van der Waals surface area contributed by atoms with Crippen LogP contribution in [-0.4, -0.2) is 46.8 Å². The minimum atomic E-state index is -1.17. The van der Waals surface area contributed by atoms with E-state index in [-0.39, 0.29) is 24.7 Å². The maximum absolute atomic E-state index is 13.2. The van der Waals surface area contributed by atoms with Crippen molar-refractivity contribution in [2.24, 2.45) is 0 Å². The third-order valence-corrected chi connectivity index (χ3v) is 5.92. The molecule has 0 unspecified atom stereocenters. The molecule has 1 atom stereocenters. The number of nitrogens with zero attached hydrogens (tertiary/aromatic N) is 2.